The number of allylic oxidation sites excluding steroid dienone is 1. The lowest BCUT2D eigenvalue weighted by molar-refractivity contribution is -0.152. The van der Waals surface area contributed by atoms with E-state index in [9.17, 15) is 19.8 Å². The molecule has 5 heteroatoms. The van der Waals surface area contributed by atoms with E-state index in [0.29, 0.717) is 17.7 Å². The van der Waals surface area contributed by atoms with Crippen molar-refractivity contribution in [3.63, 3.8) is 0 Å². The molecule has 0 aromatic heterocycles. The van der Waals surface area contributed by atoms with E-state index in [0.717, 1.165) is 0 Å². The Morgan fingerprint density at radius 3 is 2.43 bits per heavy atom. The highest BCUT2D eigenvalue weighted by Crippen LogP contribution is 2.47. The second-order valence-corrected chi connectivity index (χ2v) is 5.63. The number of ether oxygens (including phenoxy) is 1. The van der Waals surface area contributed by atoms with Crippen LogP contribution in [0.1, 0.15) is 25.3 Å². The van der Waals surface area contributed by atoms with Crippen molar-refractivity contribution in [2.45, 2.75) is 25.2 Å². The van der Waals surface area contributed by atoms with Gasteiger partial charge in [-0.2, -0.15) is 0 Å². The fourth-order valence-electron chi connectivity index (χ4n) is 2.89. The molecule has 2 atom stereocenters. The van der Waals surface area contributed by atoms with Crippen LogP contribution in [0.25, 0.3) is 0 Å². The van der Waals surface area contributed by atoms with Gasteiger partial charge in [0.25, 0.3) is 0 Å². The van der Waals surface area contributed by atoms with Gasteiger partial charge in [0, 0.05) is 5.56 Å². The quantitative estimate of drug-likeness (QED) is 0.832. The van der Waals surface area contributed by atoms with Gasteiger partial charge in [-0.25, -0.2) is 0 Å². The van der Waals surface area contributed by atoms with Gasteiger partial charge in [0.1, 0.15) is 11.2 Å². The summed E-state index contributed by atoms with van der Waals surface area (Å²) in [6.07, 6.45) is 3.52. The number of hydrogen-bond acceptors (Lipinski definition) is 3. The summed E-state index contributed by atoms with van der Waals surface area (Å²) >= 11 is 0. The molecule has 21 heavy (non-hydrogen) atoms. The number of carboxylic acid groups (broad SMARTS) is 2. The van der Waals surface area contributed by atoms with Crippen molar-refractivity contribution in [3.05, 3.63) is 42.0 Å². The van der Waals surface area contributed by atoms with Crippen LogP contribution in [0.4, 0.5) is 0 Å². The van der Waals surface area contributed by atoms with Gasteiger partial charge in [-0.15, -0.1) is 0 Å². The maximum absolute atomic E-state index is 12.0. The molecule has 2 unspecified atom stereocenters. The predicted molar refractivity (Wildman–Crippen MR) is 76.4 cm³/mol. The molecule has 1 aromatic carbocycles. The minimum Gasteiger partial charge on any atom is -0.496 e. The van der Waals surface area contributed by atoms with Crippen LogP contribution in [0.3, 0.4) is 0 Å². The van der Waals surface area contributed by atoms with Crippen molar-refractivity contribution in [2.24, 2.45) is 5.41 Å². The maximum Gasteiger partial charge on any atom is 0.318 e. The molecule has 0 spiro atoms. The number of rotatable bonds is 4. The monoisotopic (exact) mass is 290 g/mol. The van der Waals surface area contributed by atoms with Gasteiger partial charge in [-0.3, -0.25) is 9.59 Å². The van der Waals surface area contributed by atoms with Crippen molar-refractivity contribution >= 4 is 11.9 Å². The van der Waals surface area contributed by atoms with E-state index in [1.165, 1.54) is 7.11 Å². The molecular weight excluding hydrogens is 272 g/mol. The molecule has 0 saturated heterocycles. The molecule has 0 saturated carbocycles. The Kier molecular flexibility index (Phi) is 3.77. The van der Waals surface area contributed by atoms with E-state index in [2.05, 4.69) is 0 Å². The maximum atomic E-state index is 12.0. The lowest BCUT2D eigenvalue weighted by atomic mass is 9.63. The predicted octanol–water partition coefficient (Wildman–Crippen LogP) is 2.46. The molecule has 112 valence electrons. The normalized spacial score (nSPS) is 28.1. The van der Waals surface area contributed by atoms with Crippen LogP contribution in [0.15, 0.2) is 36.4 Å². The first-order valence-corrected chi connectivity index (χ1v) is 6.64. The van der Waals surface area contributed by atoms with E-state index in [4.69, 9.17) is 4.74 Å². The van der Waals surface area contributed by atoms with Gasteiger partial charge < -0.3 is 14.9 Å². The average Bonchev–Trinajstić information content (AvgIpc) is 2.46. The zero-order valence-electron chi connectivity index (χ0n) is 12.0. The Bertz CT molecular complexity index is 606. The molecular formula is C16H18O5. The highest BCUT2D eigenvalue weighted by molar-refractivity contribution is 5.87. The van der Waals surface area contributed by atoms with Gasteiger partial charge in [0.15, 0.2) is 0 Å². The Morgan fingerprint density at radius 1 is 1.19 bits per heavy atom. The summed E-state index contributed by atoms with van der Waals surface area (Å²) < 4.78 is 5.26. The van der Waals surface area contributed by atoms with E-state index < -0.39 is 22.8 Å². The first-order valence-electron chi connectivity index (χ1n) is 6.64. The third kappa shape index (κ3) is 2.39. The van der Waals surface area contributed by atoms with Crippen LogP contribution >= 0.6 is 0 Å². The smallest absolute Gasteiger partial charge is 0.318 e. The van der Waals surface area contributed by atoms with Crippen molar-refractivity contribution in [1.82, 2.24) is 0 Å². The SMILES string of the molecule is COc1ccccc1C1(C(=O)O)C=CCC(C)(C(=O)O)C1. The molecule has 0 amide bonds. The molecule has 5 nitrogen and oxygen atoms in total. The molecule has 0 heterocycles. The zero-order valence-corrected chi connectivity index (χ0v) is 12.0. The Morgan fingerprint density at radius 2 is 1.86 bits per heavy atom. The lowest BCUT2D eigenvalue weighted by Crippen LogP contribution is -2.44. The average molecular weight is 290 g/mol. The molecule has 0 fully saturated rings. The highest BCUT2D eigenvalue weighted by Gasteiger charge is 2.50. The van der Waals surface area contributed by atoms with Crippen LogP contribution in [0.2, 0.25) is 0 Å². The number of aliphatic carboxylic acids is 2. The third-order valence-corrected chi connectivity index (χ3v) is 4.13. The summed E-state index contributed by atoms with van der Waals surface area (Å²) in [5.74, 6) is -1.62. The van der Waals surface area contributed by atoms with E-state index in [1.54, 1.807) is 43.3 Å². The first-order chi connectivity index (χ1) is 9.85. The number of para-hydroxylation sites is 1. The summed E-state index contributed by atoms with van der Waals surface area (Å²) in [7, 11) is 1.47. The number of methoxy groups -OCH3 is 1. The lowest BCUT2D eigenvalue weighted by Gasteiger charge is -2.38. The molecule has 2 rings (SSSR count). The summed E-state index contributed by atoms with van der Waals surface area (Å²) in [5, 5.41) is 19.2. The fraction of sp³-hybridized carbons (Fsp3) is 0.375. The number of carbonyl (C=O) groups is 2. The van der Waals surface area contributed by atoms with Gasteiger partial charge >= 0.3 is 11.9 Å². The largest absolute Gasteiger partial charge is 0.496 e. The van der Waals surface area contributed by atoms with E-state index in [1.807, 2.05) is 0 Å². The Hall–Kier alpha value is -2.30. The van der Waals surface area contributed by atoms with E-state index in [-0.39, 0.29) is 6.42 Å². The van der Waals surface area contributed by atoms with Crippen molar-refractivity contribution in [2.75, 3.05) is 7.11 Å². The van der Waals surface area contributed by atoms with Gasteiger partial charge in [0.05, 0.1) is 12.5 Å². The molecule has 0 bridgehead atoms. The molecule has 1 aliphatic carbocycles. The van der Waals surface area contributed by atoms with Crippen LogP contribution < -0.4 is 4.74 Å². The van der Waals surface area contributed by atoms with Crippen molar-refractivity contribution in [1.29, 1.82) is 0 Å². The molecule has 0 aliphatic heterocycles. The summed E-state index contributed by atoms with van der Waals surface area (Å²) in [6, 6.07) is 6.83. The standard InChI is InChI=1S/C16H18O5/c1-15(13(17)18)8-5-9-16(10-15,14(19)20)11-6-3-4-7-12(11)21-2/h3-7,9H,8,10H2,1-2H3,(H,17,18)(H,19,20). The second-order valence-electron chi connectivity index (χ2n) is 5.63. The molecule has 1 aliphatic rings. The molecule has 1 aromatic rings. The third-order valence-electron chi connectivity index (χ3n) is 4.13. The van der Waals surface area contributed by atoms with Crippen molar-refractivity contribution < 1.29 is 24.5 Å². The number of hydrogen-bond donors (Lipinski definition) is 2. The van der Waals surface area contributed by atoms with Crippen LogP contribution in [0.5, 0.6) is 5.75 Å². The van der Waals surface area contributed by atoms with Gasteiger partial charge in [0.2, 0.25) is 0 Å². The summed E-state index contributed by atoms with van der Waals surface area (Å²) in [4.78, 5) is 23.5. The van der Waals surface area contributed by atoms with Crippen LogP contribution in [-0.2, 0) is 15.0 Å². The fourth-order valence-corrected chi connectivity index (χ4v) is 2.89. The molecule has 2 N–H and O–H groups in total. The number of benzene rings is 1. The zero-order chi connectivity index (χ0) is 15.7. The van der Waals surface area contributed by atoms with Crippen molar-refractivity contribution in [3.8, 4) is 5.75 Å². The summed E-state index contributed by atoms with van der Waals surface area (Å²) in [5.41, 5.74) is -2.03. The minimum absolute atomic E-state index is 0.0124. The first kappa shape index (κ1) is 15.1. The second kappa shape index (κ2) is 5.24. The van der Waals surface area contributed by atoms with Gasteiger partial charge in [-0.1, -0.05) is 30.4 Å². The van der Waals surface area contributed by atoms with Gasteiger partial charge in [-0.05, 0) is 25.8 Å². The van der Waals surface area contributed by atoms with Crippen LogP contribution in [-0.4, -0.2) is 29.3 Å². The minimum atomic E-state index is -1.39. The van der Waals surface area contributed by atoms with E-state index >= 15 is 0 Å². The topological polar surface area (TPSA) is 83.8 Å². The van der Waals surface area contributed by atoms with Crippen LogP contribution in [0, 0.1) is 5.41 Å². The number of carboxylic acids is 2. The highest BCUT2D eigenvalue weighted by atomic mass is 16.5. The Balaban J connectivity index is 2.62. The molecule has 0 radical (unpaired) electrons. The Labute approximate surface area is 122 Å². The summed E-state index contributed by atoms with van der Waals surface area (Å²) in [6.45, 7) is 1.58.